The summed E-state index contributed by atoms with van der Waals surface area (Å²) in [6, 6.07) is 3.55. The van der Waals surface area contributed by atoms with Crippen LogP contribution in [-0.4, -0.2) is 81.4 Å². The van der Waals surface area contributed by atoms with Gasteiger partial charge in [0.25, 0.3) is 5.91 Å². The fraction of sp³-hybridized carbons (Fsp3) is 0.450. The van der Waals surface area contributed by atoms with E-state index in [0.717, 1.165) is 12.8 Å². The summed E-state index contributed by atoms with van der Waals surface area (Å²) < 4.78 is 50.8. The van der Waals surface area contributed by atoms with Crippen molar-refractivity contribution in [2.45, 2.75) is 24.6 Å². The summed E-state index contributed by atoms with van der Waals surface area (Å²) in [6.45, 7) is 3.10. The van der Waals surface area contributed by atoms with Crippen molar-refractivity contribution in [1.29, 1.82) is 0 Å². The van der Waals surface area contributed by atoms with E-state index in [-0.39, 0.29) is 11.5 Å². The number of carbonyl (C=O) groups excluding carboxylic acids is 1. The molecule has 0 bridgehead atoms. The molecule has 0 saturated carbocycles. The van der Waals surface area contributed by atoms with Crippen LogP contribution in [0.15, 0.2) is 36.9 Å². The van der Waals surface area contributed by atoms with Crippen molar-refractivity contribution < 1.29 is 37.0 Å². The molecule has 2 fully saturated rings. The molecule has 1 amide bonds. The number of anilines is 1. The molecule has 0 aromatic carbocycles. The second-order valence-corrected chi connectivity index (χ2v) is 7.49. The van der Waals surface area contributed by atoms with Gasteiger partial charge in [-0.15, -0.1) is 0 Å². The predicted octanol–water partition coefficient (Wildman–Crippen LogP) is 2.16. The summed E-state index contributed by atoms with van der Waals surface area (Å²) in [7, 11) is 0. The predicted molar refractivity (Wildman–Crippen MR) is 106 cm³/mol. The number of carbonyl (C=O) groups is 2. The van der Waals surface area contributed by atoms with Crippen molar-refractivity contribution in [3.05, 3.63) is 48.3 Å². The van der Waals surface area contributed by atoms with E-state index < -0.39 is 18.0 Å². The van der Waals surface area contributed by atoms with Crippen LogP contribution in [0.2, 0.25) is 0 Å². The minimum Gasteiger partial charge on any atom is -0.475 e. The highest BCUT2D eigenvalue weighted by Crippen LogP contribution is 2.31. The molecule has 0 radical (unpaired) electrons. The standard InChI is InChI=1S/C18H20FN5O2.C2HF3O2/c19-15-11-21-17(22-12-15)23-6-3-18(4-7-23)13-24(8-9-26-18)16(25)14-2-1-5-20-10-14;3-2(4,5)1(6)7/h1-2,5,10-12H,3-4,6-9,13H2;(H,6,7). The number of morpholine rings is 1. The quantitative estimate of drug-likeness (QED) is 0.664. The second-order valence-electron chi connectivity index (χ2n) is 7.49. The number of carboxylic acid groups (broad SMARTS) is 1. The number of ether oxygens (including phenoxy) is 1. The smallest absolute Gasteiger partial charge is 0.475 e. The number of piperidine rings is 1. The summed E-state index contributed by atoms with van der Waals surface area (Å²) in [6.07, 6.45) is 2.06. The molecule has 9 nitrogen and oxygen atoms in total. The van der Waals surface area contributed by atoms with Crippen LogP contribution in [0.3, 0.4) is 0 Å². The number of nitrogens with zero attached hydrogens (tertiary/aromatic N) is 5. The second kappa shape index (κ2) is 10.1. The van der Waals surface area contributed by atoms with Crippen molar-refractivity contribution in [1.82, 2.24) is 19.9 Å². The fourth-order valence-electron chi connectivity index (χ4n) is 3.58. The van der Waals surface area contributed by atoms with Gasteiger partial charge in [-0.1, -0.05) is 0 Å². The van der Waals surface area contributed by atoms with Crippen molar-refractivity contribution in [3.63, 3.8) is 0 Å². The highest BCUT2D eigenvalue weighted by Gasteiger charge is 2.41. The highest BCUT2D eigenvalue weighted by molar-refractivity contribution is 5.94. The first kappa shape index (κ1) is 24.3. The highest BCUT2D eigenvalue weighted by atomic mass is 19.4. The molecular formula is C20H21F4N5O4. The third-order valence-corrected chi connectivity index (χ3v) is 5.25. The maximum absolute atomic E-state index is 13.0. The first-order valence-corrected chi connectivity index (χ1v) is 9.95. The number of pyridine rings is 1. The SMILES string of the molecule is O=C(O)C(F)(F)F.O=C(c1cccnc1)N1CCOC2(CCN(c3ncc(F)cn3)CC2)C1. The molecule has 33 heavy (non-hydrogen) atoms. The Kier molecular flexibility index (Phi) is 7.41. The zero-order valence-corrected chi connectivity index (χ0v) is 17.3. The number of rotatable bonds is 2. The van der Waals surface area contributed by atoms with Crippen LogP contribution in [0.1, 0.15) is 23.2 Å². The van der Waals surface area contributed by atoms with Crippen LogP contribution in [0.25, 0.3) is 0 Å². The van der Waals surface area contributed by atoms with Gasteiger partial charge in [0.2, 0.25) is 5.95 Å². The third-order valence-electron chi connectivity index (χ3n) is 5.25. The summed E-state index contributed by atoms with van der Waals surface area (Å²) in [5, 5.41) is 7.12. The van der Waals surface area contributed by atoms with Crippen molar-refractivity contribution in [2.24, 2.45) is 0 Å². The van der Waals surface area contributed by atoms with Crippen molar-refractivity contribution in [3.8, 4) is 0 Å². The third kappa shape index (κ3) is 6.34. The number of alkyl halides is 3. The van der Waals surface area contributed by atoms with E-state index in [1.54, 1.807) is 24.5 Å². The number of aromatic nitrogens is 3. The summed E-state index contributed by atoms with van der Waals surface area (Å²) in [5.41, 5.74) is 0.258. The molecule has 2 aromatic heterocycles. The van der Waals surface area contributed by atoms with Crippen LogP contribution >= 0.6 is 0 Å². The minimum atomic E-state index is -5.08. The van der Waals surface area contributed by atoms with Gasteiger partial charge in [0.15, 0.2) is 5.82 Å². The zero-order chi connectivity index (χ0) is 24.1. The van der Waals surface area contributed by atoms with E-state index >= 15 is 0 Å². The van der Waals surface area contributed by atoms with Gasteiger partial charge in [-0.25, -0.2) is 19.2 Å². The van der Waals surface area contributed by atoms with Gasteiger partial charge < -0.3 is 19.6 Å². The Morgan fingerprint density at radius 2 is 1.73 bits per heavy atom. The molecule has 178 valence electrons. The average Bonchev–Trinajstić information content (AvgIpc) is 2.80. The van der Waals surface area contributed by atoms with Crippen LogP contribution < -0.4 is 4.90 Å². The Bertz CT molecular complexity index is 951. The van der Waals surface area contributed by atoms with Gasteiger partial charge in [0.05, 0.1) is 36.7 Å². The lowest BCUT2D eigenvalue weighted by atomic mass is 9.89. The zero-order valence-electron chi connectivity index (χ0n) is 17.3. The molecule has 1 spiro atoms. The lowest BCUT2D eigenvalue weighted by Gasteiger charge is -2.47. The van der Waals surface area contributed by atoms with Gasteiger partial charge >= 0.3 is 12.1 Å². The molecule has 4 rings (SSSR count). The molecule has 2 aliphatic rings. The lowest BCUT2D eigenvalue weighted by molar-refractivity contribution is -0.192. The first-order valence-electron chi connectivity index (χ1n) is 9.95. The van der Waals surface area contributed by atoms with E-state index in [0.29, 0.717) is 44.3 Å². The average molecular weight is 471 g/mol. The minimum absolute atomic E-state index is 0.00919. The summed E-state index contributed by atoms with van der Waals surface area (Å²) in [4.78, 5) is 37.6. The number of aliphatic carboxylic acids is 1. The largest absolute Gasteiger partial charge is 0.490 e. The molecular weight excluding hydrogens is 450 g/mol. The van der Waals surface area contributed by atoms with E-state index in [4.69, 9.17) is 14.6 Å². The number of hydrogen-bond acceptors (Lipinski definition) is 7. The molecule has 0 unspecified atom stereocenters. The van der Waals surface area contributed by atoms with E-state index in [1.165, 1.54) is 12.4 Å². The Hall–Kier alpha value is -3.35. The Labute approximate surface area is 186 Å². The van der Waals surface area contributed by atoms with E-state index in [9.17, 15) is 22.4 Å². The van der Waals surface area contributed by atoms with Gasteiger partial charge in [0, 0.05) is 32.0 Å². The van der Waals surface area contributed by atoms with Gasteiger partial charge in [-0.2, -0.15) is 13.2 Å². The van der Waals surface area contributed by atoms with Gasteiger partial charge in [-0.05, 0) is 25.0 Å². The molecule has 2 saturated heterocycles. The van der Waals surface area contributed by atoms with Crippen molar-refractivity contribution in [2.75, 3.05) is 37.7 Å². The van der Waals surface area contributed by atoms with Crippen LogP contribution in [0, 0.1) is 5.82 Å². The number of amides is 1. The molecule has 0 aliphatic carbocycles. The van der Waals surface area contributed by atoms with Crippen LogP contribution in [0.4, 0.5) is 23.5 Å². The molecule has 2 aromatic rings. The van der Waals surface area contributed by atoms with Crippen LogP contribution in [0.5, 0.6) is 0 Å². The summed E-state index contributed by atoms with van der Waals surface area (Å²) >= 11 is 0. The Balaban J connectivity index is 0.000000383. The Morgan fingerprint density at radius 3 is 2.27 bits per heavy atom. The number of hydrogen-bond donors (Lipinski definition) is 1. The normalized spacial score (nSPS) is 17.8. The summed E-state index contributed by atoms with van der Waals surface area (Å²) in [5.74, 6) is -2.68. The Morgan fingerprint density at radius 1 is 1.09 bits per heavy atom. The first-order chi connectivity index (χ1) is 15.6. The number of carboxylic acids is 1. The molecule has 13 heteroatoms. The van der Waals surface area contributed by atoms with E-state index in [2.05, 4.69) is 15.0 Å². The monoisotopic (exact) mass is 471 g/mol. The van der Waals surface area contributed by atoms with E-state index in [1.807, 2.05) is 9.80 Å². The molecule has 4 heterocycles. The van der Waals surface area contributed by atoms with Gasteiger partial charge in [-0.3, -0.25) is 9.78 Å². The topological polar surface area (TPSA) is 109 Å². The van der Waals surface area contributed by atoms with Crippen molar-refractivity contribution >= 4 is 17.8 Å². The van der Waals surface area contributed by atoms with Gasteiger partial charge in [0.1, 0.15) is 0 Å². The maximum atomic E-state index is 13.0. The molecule has 1 N–H and O–H groups in total. The molecule has 2 aliphatic heterocycles. The molecule has 0 atom stereocenters. The number of halogens is 4. The fourth-order valence-corrected chi connectivity index (χ4v) is 3.58. The van der Waals surface area contributed by atoms with Crippen LogP contribution in [-0.2, 0) is 9.53 Å². The lowest BCUT2D eigenvalue weighted by Crippen LogP contribution is -2.58. The maximum Gasteiger partial charge on any atom is 0.490 e.